The summed E-state index contributed by atoms with van der Waals surface area (Å²) < 4.78 is 0. The summed E-state index contributed by atoms with van der Waals surface area (Å²) in [6.45, 7) is 8.10. The number of carbonyl (C=O) groups is 1. The van der Waals surface area contributed by atoms with E-state index < -0.39 is 0 Å². The first kappa shape index (κ1) is 14.5. The van der Waals surface area contributed by atoms with Gasteiger partial charge in [-0.1, -0.05) is 20.8 Å². The van der Waals surface area contributed by atoms with Crippen LogP contribution in [0.4, 0.5) is 5.69 Å². The number of pyridine rings is 1. The largest absolute Gasteiger partial charge is 0.397 e. The van der Waals surface area contributed by atoms with Crippen molar-refractivity contribution in [2.45, 2.75) is 52.5 Å². The van der Waals surface area contributed by atoms with E-state index in [0.29, 0.717) is 16.9 Å². The van der Waals surface area contributed by atoms with Crippen LogP contribution in [0.2, 0.25) is 0 Å². The topological polar surface area (TPSA) is 68.0 Å². The molecular formula is C14H23N3O. The van der Waals surface area contributed by atoms with Crippen LogP contribution in [0.3, 0.4) is 0 Å². The summed E-state index contributed by atoms with van der Waals surface area (Å²) in [5, 5.41) is 3.13. The zero-order valence-corrected chi connectivity index (χ0v) is 11.7. The molecule has 0 atom stereocenters. The lowest BCUT2D eigenvalue weighted by Gasteiger charge is -2.32. The predicted molar refractivity (Wildman–Crippen MR) is 74.5 cm³/mol. The molecule has 100 valence electrons. The van der Waals surface area contributed by atoms with Gasteiger partial charge in [0.25, 0.3) is 5.91 Å². The van der Waals surface area contributed by atoms with Gasteiger partial charge in [0.15, 0.2) is 0 Å². The number of hydrogen-bond acceptors (Lipinski definition) is 3. The van der Waals surface area contributed by atoms with Crippen molar-refractivity contribution in [1.82, 2.24) is 10.3 Å². The van der Waals surface area contributed by atoms with E-state index in [2.05, 4.69) is 31.1 Å². The molecule has 1 amide bonds. The molecule has 0 aliphatic rings. The molecule has 4 nitrogen and oxygen atoms in total. The number of hydrogen-bond donors (Lipinski definition) is 2. The number of nitrogens with one attached hydrogen (secondary N) is 1. The minimum atomic E-state index is -0.131. The predicted octanol–water partition coefficient (Wildman–Crippen LogP) is 2.67. The first-order chi connectivity index (χ1) is 8.48. The molecular weight excluding hydrogens is 226 g/mol. The van der Waals surface area contributed by atoms with Crippen molar-refractivity contribution in [1.29, 1.82) is 0 Å². The maximum absolute atomic E-state index is 12.3. The first-order valence-electron chi connectivity index (χ1n) is 6.52. The van der Waals surface area contributed by atoms with Crippen molar-refractivity contribution >= 4 is 11.6 Å². The highest BCUT2D eigenvalue weighted by atomic mass is 16.1. The second kappa shape index (κ2) is 5.85. The Morgan fingerprint density at radius 3 is 2.39 bits per heavy atom. The number of aromatic nitrogens is 1. The van der Waals surface area contributed by atoms with E-state index in [1.54, 1.807) is 12.3 Å². The number of anilines is 1. The third-order valence-electron chi connectivity index (χ3n) is 3.76. The Morgan fingerprint density at radius 1 is 1.33 bits per heavy atom. The first-order valence-corrected chi connectivity index (χ1v) is 6.52. The van der Waals surface area contributed by atoms with Gasteiger partial charge in [-0.25, -0.2) is 0 Å². The zero-order valence-electron chi connectivity index (χ0n) is 11.7. The second-order valence-electron chi connectivity index (χ2n) is 4.70. The molecule has 1 rings (SSSR count). The molecule has 0 aliphatic heterocycles. The van der Waals surface area contributed by atoms with Crippen LogP contribution >= 0.6 is 0 Å². The standard InChI is InChI=1S/C14H23N3O/c1-5-14(6-2,7-3)17-13(18)12-8-11(15)9-16-10(12)4/h8-9H,5-7,15H2,1-4H3,(H,17,18). The van der Waals surface area contributed by atoms with Crippen molar-refractivity contribution < 1.29 is 4.79 Å². The van der Waals surface area contributed by atoms with Gasteiger partial charge in [0.2, 0.25) is 0 Å². The maximum Gasteiger partial charge on any atom is 0.253 e. The highest BCUT2D eigenvalue weighted by Crippen LogP contribution is 2.20. The van der Waals surface area contributed by atoms with E-state index in [1.807, 2.05) is 6.92 Å². The van der Waals surface area contributed by atoms with Gasteiger partial charge >= 0.3 is 0 Å². The molecule has 0 fully saturated rings. The summed E-state index contributed by atoms with van der Waals surface area (Å²) >= 11 is 0. The zero-order chi connectivity index (χ0) is 13.8. The minimum Gasteiger partial charge on any atom is -0.397 e. The summed E-state index contributed by atoms with van der Waals surface area (Å²) in [5.74, 6) is -0.0853. The Balaban J connectivity index is 2.97. The molecule has 0 radical (unpaired) electrons. The fourth-order valence-corrected chi connectivity index (χ4v) is 2.10. The van der Waals surface area contributed by atoms with Crippen LogP contribution in [0.1, 0.15) is 56.1 Å². The molecule has 1 aromatic heterocycles. The Morgan fingerprint density at radius 2 is 1.89 bits per heavy atom. The van der Waals surface area contributed by atoms with Gasteiger partial charge in [-0.3, -0.25) is 9.78 Å². The number of nitrogens with zero attached hydrogens (tertiary/aromatic N) is 1. The van der Waals surface area contributed by atoms with Crippen molar-refractivity contribution in [3.63, 3.8) is 0 Å². The van der Waals surface area contributed by atoms with Crippen LogP contribution < -0.4 is 11.1 Å². The number of rotatable bonds is 5. The van der Waals surface area contributed by atoms with Crippen molar-refractivity contribution in [3.8, 4) is 0 Å². The van der Waals surface area contributed by atoms with E-state index in [1.165, 1.54) is 0 Å². The maximum atomic E-state index is 12.3. The molecule has 4 heteroatoms. The van der Waals surface area contributed by atoms with Crippen molar-refractivity contribution in [3.05, 3.63) is 23.5 Å². The molecule has 0 saturated carbocycles. The fraction of sp³-hybridized carbons (Fsp3) is 0.571. The Labute approximate surface area is 109 Å². The van der Waals surface area contributed by atoms with Gasteiger partial charge in [0.1, 0.15) is 0 Å². The van der Waals surface area contributed by atoms with Crippen LogP contribution in [-0.2, 0) is 0 Å². The molecule has 1 heterocycles. The van der Waals surface area contributed by atoms with Crippen LogP contribution in [0, 0.1) is 6.92 Å². The van der Waals surface area contributed by atoms with Gasteiger partial charge in [-0.2, -0.15) is 0 Å². The van der Waals surface area contributed by atoms with Gasteiger partial charge in [-0.05, 0) is 32.3 Å². The highest BCUT2D eigenvalue weighted by Gasteiger charge is 2.27. The normalized spacial score (nSPS) is 11.3. The summed E-state index contributed by atoms with van der Waals surface area (Å²) in [4.78, 5) is 16.4. The van der Waals surface area contributed by atoms with E-state index in [4.69, 9.17) is 5.73 Å². The molecule has 18 heavy (non-hydrogen) atoms. The molecule has 0 aromatic carbocycles. The quantitative estimate of drug-likeness (QED) is 0.843. The van der Waals surface area contributed by atoms with E-state index in [9.17, 15) is 4.79 Å². The van der Waals surface area contributed by atoms with Gasteiger partial charge in [0, 0.05) is 5.54 Å². The Hall–Kier alpha value is -1.58. The minimum absolute atomic E-state index is 0.0853. The smallest absolute Gasteiger partial charge is 0.253 e. The lowest BCUT2D eigenvalue weighted by atomic mass is 9.89. The molecule has 0 spiro atoms. The lowest BCUT2D eigenvalue weighted by Crippen LogP contribution is -2.47. The summed E-state index contributed by atoms with van der Waals surface area (Å²) in [7, 11) is 0. The molecule has 3 N–H and O–H groups in total. The van der Waals surface area contributed by atoms with Crippen LogP contribution in [0.5, 0.6) is 0 Å². The third-order valence-corrected chi connectivity index (χ3v) is 3.76. The summed E-state index contributed by atoms with van der Waals surface area (Å²) in [6, 6.07) is 1.68. The Kier molecular flexibility index (Phi) is 4.70. The number of amides is 1. The number of aryl methyl sites for hydroxylation is 1. The van der Waals surface area contributed by atoms with E-state index in [-0.39, 0.29) is 11.4 Å². The molecule has 0 aliphatic carbocycles. The van der Waals surface area contributed by atoms with Crippen molar-refractivity contribution in [2.75, 3.05) is 5.73 Å². The molecule has 0 saturated heterocycles. The van der Waals surface area contributed by atoms with E-state index >= 15 is 0 Å². The van der Waals surface area contributed by atoms with Gasteiger partial charge in [-0.15, -0.1) is 0 Å². The number of carbonyl (C=O) groups excluding carboxylic acids is 1. The SMILES string of the molecule is CCC(CC)(CC)NC(=O)c1cc(N)cnc1C. The van der Waals surface area contributed by atoms with Crippen LogP contribution in [0.25, 0.3) is 0 Å². The Bertz CT molecular complexity index is 417. The lowest BCUT2D eigenvalue weighted by molar-refractivity contribution is 0.0887. The molecule has 0 unspecified atom stereocenters. The van der Waals surface area contributed by atoms with Crippen LogP contribution in [-0.4, -0.2) is 16.4 Å². The highest BCUT2D eigenvalue weighted by molar-refractivity contribution is 5.96. The number of nitrogens with two attached hydrogens (primary N) is 1. The molecule has 1 aromatic rings. The average Bonchev–Trinajstić information content (AvgIpc) is 2.38. The fourth-order valence-electron chi connectivity index (χ4n) is 2.10. The monoisotopic (exact) mass is 249 g/mol. The second-order valence-corrected chi connectivity index (χ2v) is 4.70. The summed E-state index contributed by atoms with van der Waals surface area (Å²) in [6.07, 6.45) is 4.32. The average molecular weight is 249 g/mol. The van der Waals surface area contributed by atoms with Crippen molar-refractivity contribution in [2.24, 2.45) is 0 Å². The van der Waals surface area contributed by atoms with Crippen LogP contribution in [0.15, 0.2) is 12.3 Å². The van der Waals surface area contributed by atoms with Gasteiger partial charge < -0.3 is 11.1 Å². The summed E-state index contributed by atoms with van der Waals surface area (Å²) in [5.41, 5.74) is 7.34. The molecule has 0 bridgehead atoms. The third kappa shape index (κ3) is 3.00. The number of nitrogen functional groups attached to an aromatic ring is 1. The van der Waals surface area contributed by atoms with Gasteiger partial charge in [0.05, 0.1) is 23.1 Å². The van der Waals surface area contributed by atoms with E-state index in [0.717, 1.165) is 19.3 Å².